The van der Waals surface area contributed by atoms with Gasteiger partial charge < -0.3 is 5.32 Å². The molecule has 1 aromatic carbocycles. The van der Waals surface area contributed by atoms with Gasteiger partial charge in [0.1, 0.15) is 5.82 Å². The number of nitrogens with zero attached hydrogens (tertiary/aromatic N) is 3. The number of aromatic amines is 1. The number of aromatic nitrogens is 4. The lowest BCUT2D eigenvalue weighted by atomic mass is 10.2. The molecule has 0 atom stereocenters. The van der Waals surface area contributed by atoms with Crippen molar-refractivity contribution in [1.29, 1.82) is 0 Å². The van der Waals surface area contributed by atoms with Crippen molar-refractivity contribution >= 4 is 23.4 Å². The summed E-state index contributed by atoms with van der Waals surface area (Å²) < 4.78 is 0. The highest BCUT2D eigenvalue weighted by Crippen LogP contribution is 2.38. The fraction of sp³-hybridized carbons (Fsp3) is 0.263. The van der Waals surface area contributed by atoms with E-state index >= 15 is 0 Å². The zero-order valence-corrected chi connectivity index (χ0v) is 15.0. The molecule has 0 bridgehead atoms. The SMILES string of the molecule is O=C(CSCc1ccccn1)Nc1cccc(-c2n[nH]c(C3CC3)n2)c1. The Bertz CT molecular complexity index is 892. The van der Waals surface area contributed by atoms with Crippen molar-refractivity contribution in [3.8, 4) is 11.4 Å². The van der Waals surface area contributed by atoms with Crippen LogP contribution in [-0.4, -0.2) is 31.8 Å². The molecule has 0 saturated heterocycles. The van der Waals surface area contributed by atoms with E-state index in [1.807, 2.05) is 42.5 Å². The zero-order chi connectivity index (χ0) is 17.8. The second-order valence-corrected chi connectivity index (χ2v) is 7.25. The van der Waals surface area contributed by atoms with Crippen LogP contribution < -0.4 is 5.32 Å². The minimum absolute atomic E-state index is 0.0308. The number of carbonyl (C=O) groups is 1. The number of nitrogens with one attached hydrogen (secondary N) is 2. The molecule has 2 N–H and O–H groups in total. The number of H-pyrrole nitrogens is 1. The van der Waals surface area contributed by atoms with E-state index in [-0.39, 0.29) is 5.91 Å². The molecular formula is C19H19N5OS. The molecule has 7 heteroatoms. The topological polar surface area (TPSA) is 83.6 Å². The van der Waals surface area contributed by atoms with E-state index in [1.54, 1.807) is 18.0 Å². The predicted molar refractivity (Wildman–Crippen MR) is 103 cm³/mol. The zero-order valence-electron chi connectivity index (χ0n) is 14.2. The fourth-order valence-electron chi connectivity index (χ4n) is 2.61. The summed E-state index contributed by atoms with van der Waals surface area (Å²) in [5, 5.41) is 10.2. The van der Waals surface area contributed by atoms with E-state index in [0.29, 0.717) is 17.5 Å². The second-order valence-electron chi connectivity index (χ2n) is 6.26. The van der Waals surface area contributed by atoms with Crippen LogP contribution in [0.15, 0.2) is 48.7 Å². The first-order valence-corrected chi connectivity index (χ1v) is 9.73. The number of thioether (sulfide) groups is 1. The molecule has 1 fully saturated rings. The Morgan fingerprint density at radius 1 is 1.23 bits per heavy atom. The molecule has 0 spiro atoms. The number of amides is 1. The summed E-state index contributed by atoms with van der Waals surface area (Å²) in [4.78, 5) is 21.0. The first kappa shape index (κ1) is 16.8. The number of hydrogen-bond donors (Lipinski definition) is 2. The summed E-state index contributed by atoms with van der Waals surface area (Å²) in [6.07, 6.45) is 4.13. The van der Waals surface area contributed by atoms with Crippen LogP contribution in [0.3, 0.4) is 0 Å². The minimum atomic E-state index is -0.0308. The van der Waals surface area contributed by atoms with Gasteiger partial charge in [0.05, 0.1) is 11.4 Å². The van der Waals surface area contributed by atoms with Crippen LogP contribution in [0.25, 0.3) is 11.4 Å². The van der Waals surface area contributed by atoms with Gasteiger partial charge in [-0.05, 0) is 37.1 Å². The molecule has 2 heterocycles. The lowest BCUT2D eigenvalue weighted by Crippen LogP contribution is -2.14. The molecule has 4 rings (SSSR count). The van der Waals surface area contributed by atoms with E-state index in [9.17, 15) is 4.79 Å². The van der Waals surface area contributed by atoms with E-state index in [0.717, 1.165) is 28.5 Å². The van der Waals surface area contributed by atoms with Crippen LogP contribution in [0, 0.1) is 0 Å². The van der Waals surface area contributed by atoms with E-state index in [2.05, 4.69) is 25.5 Å². The highest BCUT2D eigenvalue weighted by atomic mass is 32.2. The first-order valence-electron chi connectivity index (χ1n) is 8.58. The molecule has 1 amide bonds. The van der Waals surface area contributed by atoms with Gasteiger partial charge in [-0.25, -0.2) is 4.98 Å². The Labute approximate surface area is 155 Å². The number of hydrogen-bond acceptors (Lipinski definition) is 5. The number of benzene rings is 1. The van der Waals surface area contributed by atoms with Crippen molar-refractivity contribution < 1.29 is 4.79 Å². The summed E-state index contributed by atoms with van der Waals surface area (Å²) in [5.74, 6) is 3.24. The molecule has 26 heavy (non-hydrogen) atoms. The second kappa shape index (κ2) is 7.70. The maximum atomic E-state index is 12.2. The predicted octanol–water partition coefficient (Wildman–Crippen LogP) is 3.62. The summed E-state index contributed by atoms with van der Waals surface area (Å²) in [5.41, 5.74) is 2.62. The number of pyridine rings is 1. The van der Waals surface area contributed by atoms with E-state index in [4.69, 9.17) is 0 Å². The van der Waals surface area contributed by atoms with Crippen LogP contribution in [0.1, 0.15) is 30.3 Å². The largest absolute Gasteiger partial charge is 0.325 e. The van der Waals surface area contributed by atoms with Gasteiger partial charge in [0.25, 0.3) is 0 Å². The van der Waals surface area contributed by atoms with Crippen molar-refractivity contribution in [2.75, 3.05) is 11.1 Å². The normalized spacial score (nSPS) is 13.5. The molecular weight excluding hydrogens is 346 g/mol. The number of rotatable bonds is 7. The quantitative estimate of drug-likeness (QED) is 0.668. The van der Waals surface area contributed by atoms with Crippen molar-refractivity contribution in [2.24, 2.45) is 0 Å². The molecule has 2 aromatic heterocycles. The van der Waals surface area contributed by atoms with Gasteiger partial charge in [0, 0.05) is 29.1 Å². The fourth-order valence-corrected chi connectivity index (χ4v) is 3.35. The Morgan fingerprint density at radius 2 is 2.15 bits per heavy atom. The summed E-state index contributed by atoms with van der Waals surface area (Å²) in [6.45, 7) is 0. The van der Waals surface area contributed by atoms with Crippen molar-refractivity contribution in [2.45, 2.75) is 24.5 Å². The lowest BCUT2D eigenvalue weighted by molar-refractivity contribution is -0.113. The Kier molecular flexibility index (Phi) is 4.97. The molecule has 1 aliphatic rings. The summed E-state index contributed by atoms with van der Waals surface area (Å²) >= 11 is 1.54. The van der Waals surface area contributed by atoms with Gasteiger partial charge in [-0.1, -0.05) is 18.2 Å². The van der Waals surface area contributed by atoms with Gasteiger partial charge in [-0.2, -0.15) is 5.10 Å². The van der Waals surface area contributed by atoms with E-state index in [1.165, 1.54) is 12.8 Å². The molecule has 1 aliphatic carbocycles. The molecule has 6 nitrogen and oxygen atoms in total. The molecule has 0 unspecified atom stereocenters. The van der Waals surface area contributed by atoms with Crippen LogP contribution in [0.2, 0.25) is 0 Å². The summed E-state index contributed by atoms with van der Waals surface area (Å²) in [7, 11) is 0. The first-order chi connectivity index (χ1) is 12.8. The summed E-state index contributed by atoms with van der Waals surface area (Å²) in [6, 6.07) is 13.4. The van der Waals surface area contributed by atoms with Gasteiger partial charge in [0.2, 0.25) is 5.91 Å². The van der Waals surface area contributed by atoms with Crippen LogP contribution in [-0.2, 0) is 10.5 Å². The van der Waals surface area contributed by atoms with Crippen LogP contribution >= 0.6 is 11.8 Å². The minimum Gasteiger partial charge on any atom is -0.325 e. The maximum absolute atomic E-state index is 12.2. The Morgan fingerprint density at radius 3 is 2.96 bits per heavy atom. The highest BCUT2D eigenvalue weighted by molar-refractivity contribution is 7.99. The average molecular weight is 365 g/mol. The molecule has 132 valence electrons. The monoisotopic (exact) mass is 365 g/mol. The number of anilines is 1. The van der Waals surface area contributed by atoms with Gasteiger partial charge in [0.15, 0.2) is 5.82 Å². The Balaban J connectivity index is 1.33. The van der Waals surface area contributed by atoms with Gasteiger partial charge in [-0.3, -0.25) is 14.9 Å². The van der Waals surface area contributed by atoms with Gasteiger partial charge >= 0.3 is 0 Å². The third-order valence-electron chi connectivity index (χ3n) is 4.08. The van der Waals surface area contributed by atoms with Crippen LogP contribution in [0.5, 0.6) is 0 Å². The van der Waals surface area contributed by atoms with E-state index < -0.39 is 0 Å². The molecule has 3 aromatic rings. The molecule has 0 aliphatic heterocycles. The van der Waals surface area contributed by atoms with Crippen molar-refractivity contribution in [3.63, 3.8) is 0 Å². The van der Waals surface area contributed by atoms with Gasteiger partial charge in [-0.15, -0.1) is 11.8 Å². The maximum Gasteiger partial charge on any atom is 0.234 e. The van der Waals surface area contributed by atoms with Crippen molar-refractivity contribution in [3.05, 3.63) is 60.2 Å². The van der Waals surface area contributed by atoms with Crippen molar-refractivity contribution in [1.82, 2.24) is 20.2 Å². The number of carbonyl (C=O) groups excluding carboxylic acids is 1. The highest BCUT2D eigenvalue weighted by Gasteiger charge is 2.27. The smallest absolute Gasteiger partial charge is 0.234 e. The average Bonchev–Trinajstić information content (AvgIpc) is 3.39. The Hall–Kier alpha value is -2.67. The third-order valence-corrected chi connectivity index (χ3v) is 5.05. The molecule has 1 saturated carbocycles. The standard InChI is InChI=1S/C19H19N5OS/c25-17(12-26-11-16-5-1-2-9-20-16)21-15-6-3-4-14(10-15)19-22-18(23-24-19)13-7-8-13/h1-6,9-10,13H,7-8,11-12H2,(H,21,25)(H,22,23,24). The van der Waals surface area contributed by atoms with Crippen LogP contribution in [0.4, 0.5) is 5.69 Å². The molecule has 0 radical (unpaired) electrons. The third kappa shape index (κ3) is 4.29. The lowest BCUT2D eigenvalue weighted by Gasteiger charge is -2.06.